The van der Waals surface area contributed by atoms with Crippen LogP contribution in [-0.4, -0.2) is 12.9 Å². The summed E-state index contributed by atoms with van der Waals surface area (Å²) in [5, 5.41) is 0.611. The van der Waals surface area contributed by atoms with Crippen molar-refractivity contribution in [3.63, 3.8) is 0 Å². The fourth-order valence-corrected chi connectivity index (χ4v) is 2.33. The van der Waals surface area contributed by atoms with Crippen LogP contribution < -0.4 is 4.74 Å². The Morgan fingerprint density at radius 3 is 2.41 bits per heavy atom. The molecular weight excluding hydrogens is 296 g/mol. The van der Waals surface area contributed by atoms with Crippen molar-refractivity contribution in [1.29, 1.82) is 0 Å². The number of para-hydroxylation sites is 1. The largest absolute Gasteiger partial charge is 0.496 e. The lowest BCUT2D eigenvalue weighted by Gasteiger charge is -2.10. The third kappa shape index (κ3) is 3.14. The van der Waals surface area contributed by atoms with Gasteiger partial charge in [-0.25, -0.2) is 0 Å². The minimum atomic E-state index is -0.0689. The standard InChI is InChI=1S/C19H15ClO2/c1-22-18-5-3-2-4-16(18)17(12-13-6-7-13)19(21)14-8-10-15(20)11-9-14/h2-5,8-11H,6-7H2,1H3. The number of halogens is 1. The summed E-state index contributed by atoms with van der Waals surface area (Å²) in [7, 11) is 1.60. The Balaban J connectivity index is 2.11. The Labute approximate surface area is 134 Å². The van der Waals surface area contributed by atoms with Crippen molar-refractivity contribution in [3.05, 3.63) is 76.0 Å². The molecule has 0 aliphatic heterocycles. The van der Waals surface area contributed by atoms with Gasteiger partial charge in [0.15, 0.2) is 0 Å². The van der Waals surface area contributed by atoms with Crippen LogP contribution in [-0.2, 0) is 0 Å². The van der Waals surface area contributed by atoms with Crippen molar-refractivity contribution < 1.29 is 9.53 Å². The number of allylic oxidation sites excluding steroid dienone is 1. The van der Waals surface area contributed by atoms with E-state index < -0.39 is 0 Å². The smallest absolute Gasteiger partial charge is 0.201 e. The Kier molecular flexibility index (Phi) is 4.15. The number of carbonyl (C=O) groups is 1. The van der Waals surface area contributed by atoms with E-state index in [2.05, 4.69) is 5.73 Å². The molecule has 0 radical (unpaired) electrons. The maximum absolute atomic E-state index is 12.9. The maximum Gasteiger partial charge on any atom is 0.201 e. The minimum absolute atomic E-state index is 0.0689. The first-order valence-electron chi connectivity index (χ1n) is 7.11. The van der Waals surface area contributed by atoms with Gasteiger partial charge in [0.1, 0.15) is 5.75 Å². The highest BCUT2D eigenvalue weighted by Gasteiger charge is 2.20. The van der Waals surface area contributed by atoms with Crippen molar-refractivity contribution in [2.24, 2.45) is 0 Å². The quantitative estimate of drug-likeness (QED) is 0.454. The number of hydrogen-bond acceptors (Lipinski definition) is 2. The second kappa shape index (κ2) is 6.23. The summed E-state index contributed by atoms with van der Waals surface area (Å²) in [5.41, 5.74) is 6.35. The molecule has 1 aliphatic carbocycles. The highest BCUT2D eigenvalue weighted by Crippen LogP contribution is 2.32. The second-order valence-electron chi connectivity index (χ2n) is 5.14. The van der Waals surface area contributed by atoms with Gasteiger partial charge in [0.2, 0.25) is 5.78 Å². The molecule has 3 heteroatoms. The van der Waals surface area contributed by atoms with Crippen LogP contribution in [0.5, 0.6) is 5.75 Å². The molecule has 0 heterocycles. The molecule has 0 amide bonds. The van der Waals surface area contributed by atoms with Crippen LogP contribution in [0.3, 0.4) is 0 Å². The molecule has 110 valence electrons. The predicted octanol–water partition coefficient (Wildman–Crippen LogP) is 4.93. The number of Topliss-reactive ketones (excluding diaryl/α,β-unsaturated/α-hetero) is 1. The Morgan fingerprint density at radius 1 is 1.09 bits per heavy atom. The molecule has 1 saturated carbocycles. The molecule has 1 fully saturated rings. The van der Waals surface area contributed by atoms with Crippen molar-refractivity contribution in [1.82, 2.24) is 0 Å². The van der Waals surface area contributed by atoms with Gasteiger partial charge < -0.3 is 4.74 Å². The molecule has 0 saturated heterocycles. The lowest BCUT2D eigenvalue weighted by atomic mass is 9.96. The topological polar surface area (TPSA) is 26.3 Å². The molecule has 22 heavy (non-hydrogen) atoms. The zero-order valence-corrected chi connectivity index (χ0v) is 13.0. The van der Waals surface area contributed by atoms with Gasteiger partial charge in [-0.15, -0.1) is 5.73 Å². The highest BCUT2D eigenvalue weighted by molar-refractivity contribution is 6.32. The Hall–Kier alpha value is -2.28. The van der Waals surface area contributed by atoms with Gasteiger partial charge in [-0.3, -0.25) is 4.79 Å². The fourth-order valence-electron chi connectivity index (χ4n) is 2.21. The zero-order chi connectivity index (χ0) is 15.5. The van der Waals surface area contributed by atoms with Crippen molar-refractivity contribution in [3.8, 4) is 5.75 Å². The normalized spacial score (nSPS) is 12.5. The van der Waals surface area contributed by atoms with E-state index in [1.54, 1.807) is 31.4 Å². The summed E-state index contributed by atoms with van der Waals surface area (Å²) in [4.78, 5) is 12.9. The van der Waals surface area contributed by atoms with Crippen LogP contribution in [0.4, 0.5) is 0 Å². The second-order valence-corrected chi connectivity index (χ2v) is 5.58. The lowest BCUT2D eigenvalue weighted by molar-refractivity contribution is 0.105. The van der Waals surface area contributed by atoms with Crippen LogP contribution in [0.2, 0.25) is 5.02 Å². The van der Waals surface area contributed by atoms with E-state index in [1.807, 2.05) is 24.3 Å². The van der Waals surface area contributed by atoms with E-state index in [0.717, 1.165) is 18.4 Å². The molecule has 0 unspecified atom stereocenters. The van der Waals surface area contributed by atoms with Crippen molar-refractivity contribution in [2.45, 2.75) is 12.8 Å². The van der Waals surface area contributed by atoms with Gasteiger partial charge in [-0.2, -0.15) is 0 Å². The summed E-state index contributed by atoms with van der Waals surface area (Å²) < 4.78 is 5.39. The van der Waals surface area contributed by atoms with E-state index in [-0.39, 0.29) is 5.78 Å². The van der Waals surface area contributed by atoms with Crippen LogP contribution in [0, 0.1) is 0 Å². The van der Waals surface area contributed by atoms with Gasteiger partial charge in [0.05, 0.1) is 12.7 Å². The molecule has 0 spiro atoms. The SMILES string of the molecule is COc1ccccc1C(=C=C1CC1)C(=O)c1ccc(Cl)cc1. The van der Waals surface area contributed by atoms with Crippen molar-refractivity contribution in [2.75, 3.05) is 7.11 Å². The fraction of sp³-hybridized carbons (Fsp3) is 0.158. The number of methoxy groups -OCH3 is 1. The van der Waals surface area contributed by atoms with Gasteiger partial charge in [-0.05, 0) is 54.8 Å². The first kappa shape index (κ1) is 14.6. The number of ketones is 1. The summed E-state index contributed by atoms with van der Waals surface area (Å²) in [6.07, 6.45) is 2.01. The van der Waals surface area contributed by atoms with E-state index in [4.69, 9.17) is 16.3 Å². The Morgan fingerprint density at radius 2 is 1.77 bits per heavy atom. The Bertz CT molecular complexity index is 775. The monoisotopic (exact) mass is 310 g/mol. The average Bonchev–Trinajstić information content (AvgIpc) is 3.37. The molecule has 1 aliphatic rings. The van der Waals surface area contributed by atoms with Crippen LogP contribution in [0.25, 0.3) is 5.57 Å². The number of carbonyl (C=O) groups excluding carboxylic acids is 1. The molecular formula is C19H15ClO2. The zero-order valence-electron chi connectivity index (χ0n) is 12.2. The highest BCUT2D eigenvalue weighted by atomic mass is 35.5. The minimum Gasteiger partial charge on any atom is -0.496 e. The summed E-state index contributed by atoms with van der Waals surface area (Å²) >= 11 is 5.90. The van der Waals surface area contributed by atoms with E-state index in [0.29, 0.717) is 21.9 Å². The van der Waals surface area contributed by atoms with Gasteiger partial charge in [0, 0.05) is 16.1 Å². The molecule has 0 aromatic heterocycles. The van der Waals surface area contributed by atoms with Crippen molar-refractivity contribution >= 4 is 23.0 Å². The van der Waals surface area contributed by atoms with Crippen LogP contribution >= 0.6 is 11.6 Å². The molecule has 2 aromatic carbocycles. The van der Waals surface area contributed by atoms with Gasteiger partial charge in [-0.1, -0.05) is 23.7 Å². The number of rotatable bonds is 4. The molecule has 0 N–H and O–H groups in total. The first-order valence-corrected chi connectivity index (χ1v) is 7.49. The maximum atomic E-state index is 12.9. The summed E-state index contributed by atoms with van der Waals surface area (Å²) in [6.45, 7) is 0. The van der Waals surface area contributed by atoms with E-state index in [9.17, 15) is 4.79 Å². The van der Waals surface area contributed by atoms with Crippen LogP contribution in [0.15, 0.2) is 59.8 Å². The summed E-state index contributed by atoms with van der Waals surface area (Å²) in [5.74, 6) is 0.606. The lowest BCUT2D eigenvalue weighted by Crippen LogP contribution is -2.03. The number of ether oxygens (including phenoxy) is 1. The molecule has 2 nitrogen and oxygen atoms in total. The number of benzene rings is 2. The molecule has 0 atom stereocenters. The molecule has 2 aromatic rings. The average molecular weight is 311 g/mol. The van der Waals surface area contributed by atoms with Crippen LogP contribution in [0.1, 0.15) is 28.8 Å². The van der Waals surface area contributed by atoms with Gasteiger partial charge >= 0.3 is 0 Å². The van der Waals surface area contributed by atoms with E-state index >= 15 is 0 Å². The first-order chi connectivity index (χ1) is 10.7. The third-order valence-electron chi connectivity index (χ3n) is 3.51. The molecule has 3 rings (SSSR count). The van der Waals surface area contributed by atoms with Gasteiger partial charge in [0.25, 0.3) is 0 Å². The number of hydrogen-bond donors (Lipinski definition) is 0. The summed E-state index contributed by atoms with van der Waals surface area (Å²) in [6, 6.07) is 14.4. The predicted molar refractivity (Wildman–Crippen MR) is 88.4 cm³/mol. The third-order valence-corrected chi connectivity index (χ3v) is 3.76. The van der Waals surface area contributed by atoms with E-state index in [1.165, 1.54) is 5.57 Å². The molecule has 0 bridgehead atoms.